The number of halogens is 3. The van der Waals surface area contributed by atoms with Gasteiger partial charge in [-0.1, -0.05) is 0 Å². The molecule has 1 aliphatic rings. The van der Waals surface area contributed by atoms with E-state index in [1.165, 1.54) is 6.07 Å². The Hall–Kier alpha value is -2.82. The average molecular weight is 333 g/mol. The lowest BCUT2D eigenvalue weighted by Crippen LogP contribution is -2.47. The molecule has 0 amide bonds. The first-order chi connectivity index (χ1) is 11.5. The lowest BCUT2D eigenvalue weighted by molar-refractivity contribution is -0.137. The molecule has 0 unspecified atom stereocenters. The zero-order valence-electron chi connectivity index (χ0n) is 12.7. The second-order valence-electron chi connectivity index (χ2n) is 5.36. The van der Waals surface area contributed by atoms with Crippen LogP contribution in [0.2, 0.25) is 0 Å². The number of piperazine rings is 1. The molecule has 0 saturated carbocycles. The number of aromatic nitrogens is 2. The Bertz CT molecular complexity index is 744. The van der Waals surface area contributed by atoms with Crippen molar-refractivity contribution in [2.24, 2.45) is 0 Å². The zero-order chi connectivity index (χ0) is 17.2. The Morgan fingerprint density at radius 1 is 1.00 bits per heavy atom. The number of nitrogens with zero attached hydrogens (tertiary/aromatic N) is 5. The molecule has 2 aromatic heterocycles. The van der Waals surface area contributed by atoms with Crippen molar-refractivity contribution in [3.63, 3.8) is 0 Å². The number of pyridine rings is 2. The van der Waals surface area contributed by atoms with E-state index in [-0.39, 0.29) is 0 Å². The predicted molar refractivity (Wildman–Crippen MR) is 82.6 cm³/mol. The second-order valence-corrected chi connectivity index (χ2v) is 5.36. The lowest BCUT2D eigenvalue weighted by atomic mass is 10.2. The summed E-state index contributed by atoms with van der Waals surface area (Å²) in [5.41, 5.74) is -0.240. The van der Waals surface area contributed by atoms with Crippen LogP contribution in [0.25, 0.3) is 0 Å². The molecule has 1 aliphatic heterocycles. The lowest BCUT2D eigenvalue weighted by Gasteiger charge is -2.36. The molecule has 5 nitrogen and oxygen atoms in total. The van der Waals surface area contributed by atoms with E-state index < -0.39 is 11.7 Å². The number of alkyl halides is 3. The monoisotopic (exact) mass is 333 g/mol. The highest BCUT2D eigenvalue weighted by Gasteiger charge is 2.31. The second kappa shape index (κ2) is 6.35. The fourth-order valence-corrected chi connectivity index (χ4v) is 2.62. The highest BCUT2D eigenvalue weighted by Crippen LogP contribution is 2.29. The Kier molecular flexibility index (Phi) is 4.25. The fraction of sp³-hybridized carbons (Fsp3) is 0.312. The van der Waals surface area contributed by atoms with E-state index in [1.807, 2.05) is 9.80 Å². The van der Waals surface area contributed by atoms with Crippen LogP contribution in [-0.4, -0.2) is 36.1 Å². The molecule has 0 radical (unpaired) electrons. The van der Waals surface area contributed by atoms with Crippen molar-refractivity contribution in [1.29, 1.82) is 5.26 Å². The van der Waals surface area contributed by atoms with E-state index in [4.69, 9.17) is 5.26 Å². The molecule has 3 rings (SSSR count). The van der Waals surface area contributed by atoms with Gasteiger partial charge in [-0.25, -0.2) is 9.97 Å². The highest BCUT2D eigenvalue weighted by atomic mass is 19.4. The molecule has 0 spiro atoms. The van der Waals surface area contributed by atoms with Crippen LogP contribution in [0, 0.1) is 11.3 Å². The maximum atomic E-state index is 12.6. The first-order valence-electron chi connectivity index (χ1n) is 7.37. The van der Waals surface area contributed by atoms with Crippen LogP contribution < -0.4 is 9.80 Å². The van der Waals surface area contributed by atoms with Crippen LogP contribution in [0.3, 0.4) is 0 Å². The van der Waals surface area contributed by atoms with Crippen LogP contribution in [0.4, 0.5) is 24.8 Å². The summed E-state index contributed by atoms with van der Waals surface area (Å²) in [6.07, 6.45) is -1.88. The van der Waals surface area contributed by atoms with Crippen molar-refractivity contribution in [3.05, 3.63) is 47.8 Å². The van der Waals surface area contributed by atoms with Crippen molar-refractivity contribution in [2.75, 3.05) is 36.0 Å². The predicted octanol–water partition coefficient (Wildman–Crippen LogP) is 2.69. The van der Waals surface area contributed by atoms with E-state index in [0.29, 0.717) is 43.4 Å². The van der Waals surface area contributed by atoms with Crippen molar-refractivity contribution in [1.82, 2.24) is 9.97 Å². The van der Waals surface area contributed by atoms with Gasteiger partial charge in [0.25, 0.3) is 0 Å². The summed E-state index contributed by atoms with van der Waals surface area (Å²) >= 11 is 0. The van der Waals surface area contributed by atoms with Crippen molar-refractivity contribution < 1.29 is 13.2 Å². The van der Waals surface area contributed by atoms with Gasteiger partial charge in [0.2, 0.25) is 0 Å². The fourth-order valence-electron chi connectivity index (χ4n) is 2.62. The summed E-state index contributed by atoms with van der Waals surface area (Å²) < 4.78 is 37.7. The van der Waals surface area contributed by atoms with E-state index >= 15 is 0 Å². The van der Waals surface area contributed by atoms with Crippen molar-refractivity contribution >= 4 is 11.6 Å². The van der Waals surface area contributed by atoms with Gasteiger partial charge in [-0.3, -0.25) is 0 Å². The third-order valence-electron chi connectivity index (χ3n) is 3.89. The molecule has 2 aromatic rings. The van der Waals surface area contributed by atoms with E-state index in [1.54, 1.807) is 18.3 Å². The van der Waals surface area contributed by atoms with Crippen LogP contribution in [0.1, 0.15) is 11.1 Å². The smallest absolute Gasteiger partial charge is 0.353 e. The third kappa shape index (κ3) is 3.25. The number of anilines is 2. The summed E-state index contributed by atoms with van der Waals surface area (Å²) in [6, 6.07) is 7.98. The largest absolute Gasteiger partial charge is 0.417 e. The molecule has 8 heteroatoms. The van der Waals surface area contributed by atoms with Crippen LogP contribution in [0.5, 0.6) is 0 Å². The Balaban J connectivity index is 1.68. The third-order valence-corrected chi connectivity index (χ3v) is 3.89. The first kappa shape index (κ1) is 16.1. The van der Waals surface area contributed by atoms with Crippen LogP contribution >= 0.6 is 0 Å². The number of rotatable bonds is 2. The first-order valence-corrected chi connectivity index (χ1v) is 7.37. The van der Waals surface area contributed by atoms with Crippen molar-refractivity contribution in [3.8, 4) is 6.07 Å². The SMILES string of the molecule is N#Cc1cccnc1N1CCN(c2ccc(C(F)(F)F)cn2)CC1. The number of nitriles is 1. The standard InChI is InChI=1S/C16H14F3N5/c17-16(18,19)13-3-4-14(22-11-13)23-6-8-24(9-7-23)15-12(10-20)2-1-5-21-15/h1-5,11H,6-9H2. The minimum atomic E-state index is -4.38. The van der Waals surface area contributed by atoms with Gasteiger partial charge in [0.05, 0.1) is 11.1 Å². The summed E-state index contributed by atoms with van der Waals surface area (Å²) in [6.45, 7) is 2.43. The van der Waals surface area contributed by atoms with Gasteiger partial charge < -0.3 is 9.80 Å². The highest BCUT2D eigenvalue weighted by molar-refractivity contribution is 5.55. The van der Waals surface area contributed by atoms with E-state index in [0.717, 1.165) is 12.3 Å². The van der Waals surface area contributed by atoms with Gasteiger partial charge in [-0.2, -0.15) is 18.4 Å². The van der Waals surface area contributed by atoms with Crippen molar-refractivity contribution in [2.45, 2.75) is 6.18 Å². The molecule has 0 bridgehead atoms. The molecule has 1 saturated heterocycles. The average Bonchev–Trinajstić information content (AvgIpc) is 2.61. The summed E-state index contributed by atoms with van der Waals surface area (Å²) in [4.78, 5) is 12.1. The van der Waals surface area contributed by atoms with Gasteiger partial charge in [0.15, 0.2) is 0 Å². The van der Waals surface area contributed by atoms with Gasteiger partial charge in [0.1, 0.15) is 17.7 Å². The van der Waals surface area contributed by atoms with Crippen LogP contribution in [0.15, 0.2) is 36.7 Å². The molecule has 0 N–H and O–H groups in total. The molecule has 0 aromatic carbocycles. The zero-order valence-corrected chi connectivity index (χ0v) is 12.7. The topological polar surface area (TPSA) is 56.1 Å². The Morgan fingerprint density at radius 2 is 1.71 bits per heavy atom. The summed E-state index contributed by atoms with van der Waals surface area (Å²) in [5, 5.41) is 9.14. The van der Waals surface area contributed by atoms with E-state index in [2.05, 4.69) is 16.0 Å². The van der Waals surface area contributed by atoms with Gasteiger partial charge in [0, 0.05) is 38.6 Å². The number of hydrogen-bond acceptors (Lipinski definition) is 5. The summed E-state index contributed by atoms with van der Waals surface area (Å²) in [5.74, 6) is 1.16. The Labute approximate surface area is 137 Å². The van der Waals surface area contributed by atoms with E-state index in [9.17, 15) is 13.2 Å². The maximum absolute atomic E-state index is 12.6. The van der Waals surface area contributed by atoms with Gasteiger partial charge in [-0.05, 0) is 24.3 Å². The maximum Gasteiger partial charge on any atom is 0.417 e. The number of hydrogen-bond donors (Lipinski definition) is 0. The normalized spacial score (nSPS) is 15.2. The molecular formula is C16H14F3N5. The van der Waals surface area contributed by atoms with Gasteiger partial charge in [-0.15, -0.1) is 0 Å². The van der Waals surface area contributed by atoms with Gasteiger partial charge >= 0.3 is 6.18 Å². The molecule has 0 aliphatic carbocycles. The molecule has 3 heterocycles. The Morgan fingerprint density at radius 3 is 2.29 bits per heavy atom. The van der Waals surface area contributed by atoms with Crippen LogP contribution in [-0.2, 0) is 6.18 Å². The quantitative estimate of drug-likeness (QED) is 0.846. The summed E-state index contributed by atoms with van der Waals surface area (Å²) in [7, 11) is 0. The minimum Gasteiger partial charge on any atom is -0.353 e. The molecule has 1 fully saturated rings. The molecular weight excluding hydrogens is 319 g/mol. The molecule has 24 heavy (non-hydrogen) atoms. The molecule has 0 atom stereocenters. The molecule has 124 valence electrons. The minimum absolute atomic E-state index is 0.513.